The Hall–Kier alpha value is -2.71. The quantitative estimate of drug-likeness (QED) is 0.226. The lowest BCUT2D eigenvalue weighted by atomic mass is 9.97. The molecule has 0 aliphatic heterocycles. The molecule has 0 saturated carbocycles. The van der Waals surface area contributed by atoms with Crippen LogP contribution in [0.4, 0.5) is 5.69 Å². The van der Waals surface area contributed by atoms with Crippen LogP contribution in [-0.4, -0.2) is 42.5 Å². The van der Waals surface area contributed by atoms with E-state index in [9.17, 15) is 19.7 Å². The zero-order chi connectivity index (χ0) is 19.8. The van der Waals surface area contributed by atoms with Gasteiger partial charge >= 0.3 is 0 Å². The number of benzene rings is 2. The maximum absolute atomic E-state index is 12.9. The van der Waals surface area contributed by atoms with Gasteiger partial charge in [-0.15, -0.1) is 11.8 Å². The normalized spacial score (nSPS) is 10.4. The van der Waals surface area contributed by atoms with E-state index in [4.69, 9.17) is 0 Å². The largest absolute Gasteiger partial charge is 0.351 e. The van der Waals surface area contributed by atoms with Crippen LogP contribution in [0, 0.1) is 10.1 Å². The molecular formula is C19H21N3O4S. The molecule has 27 heavy (non-hydrogen) atoms. The Bertz CT molecular complexity index is 855. The molecule has 1 amide bonds. The third kappa shape index (κ3) is 5.15. The Labute approximate surface area is 161 Å². The van der Waals surface area contributed by atoms with Crippen molar-refractivity contribution >= 4 is 29.1 Å². The molecule has 2 N–H and O–H groups in total. The van der Waals surface area contributed by atoms with Crippen molar-refractivity contribution in [3.63, 3.8) is 0 Å². The van der Waals surface area contributed by atoms with Crippen molar-refractivity contribution in [1.82, 2.24) is 10.6 Å². The Morgan fingerprint density at radius 3 is 2.44 bits per heavy atom. The molecule has 8 heteroatoms. The molecule has 142 valence electrons. The van der Waals surface area contributed by atoms with Crippen LogP contribution in [0.25, 0.3) is 0 Å². The fraction of sp³-hybridized carbons (Fsp3) is 0.263. The third-order valence-corrected chi connectivity index (χ3v) is 4.68. The maximum Gasteiger partial charge on any atom is 0.283 e. The van der Waals surface area contributed by atoms with Crippen molar-refractivity contribution in [2.45, 2.75) is 11.8 Å². The van der Waals surface area contributed by atoms with Crippen molar-refractivity contribution in [2.24, 2.45) is 0 Å². The Morgan fingerprint density at radius 2 is 1.81 bits per heavy atom. The van der Waals surface area contributed by atoms with Crippen molar-refractivity contribution < 1.29 is 14.5 Å². The average molecular weight is 387 g/mol. The highest BCUT2D eigenvalue weighted by Gasteiger charge is 2.21. The van der Waals surface area contributed by atoms with Crippen LogP contribution in [0.3, 0.4) is 0 Å². The van der Waals surface area contributed by atoms with E-state index < -0.39 is 10.7 Å². The zero-order valence-corrected chi connectivity index (χ0v) is 16.0. The average Bonchev–Trinajstić information content (AvgIpc) is 2.70. The first kappa shape index (κ1) is 20.6. The van der Waals surface area contributed by atoms with E-state index in [0.717, 1.165) is 6.54 Å². The minimum absolute atomic E-state index is 0.124. The number of amides is 1. The van der Waals surface area contributed by atoms with Crippen LogP contribution >= 0.6 is 11.8 Å². The summed E-state index contributed by atoms with van der Waals surface area (Å²) in [6.07, 6.45) is 1.73. The molecule has 0 atom stereocenters. The first-order chi connectivity index (χ1) is 13.0. The molecule has 0 fully saturated rings. The van der Waals surface area contributed by atoms with Crippen molar-refractivity contribution in [3.8, 4) is 0 Å². The van der Waals surface area contributed by atoms with Gasteiger partial charge in [0.2, 0.25) is 0 Å². The number of likely N-dealkylation sites (N-methyl/N-ethyl adjacent to an activating group) is 1. The molecule has 2 aromatic rings. The lowest BCUT2D eigenvalue weighted by molar-refractivity contribution is -0.387. The van der Waals surface area contributed by atoms with Crippen molar-refractivity contribution in [3.05, 3.63) is 69.3 Å². The van der Waals surface area contributed by atoms with Gasteiger partial charge in [-0.25, -0.2) is 0 Å². The van der Waals surface area contributed by atoms with Gasteiger partial charge in [-0.05, 0) is 31.0 Å². The predicted molar refractivity (Wildman–Crippen MR) is 106 cm³/mol. The second-order valence-electron chi connectivity index (χ2n) is 5.63. The number of thioether (sulfide) groups is 1. The molecule has 0 unspecified atom stereocenters. The molecule has 0 heterocycles. The minimum atomic E-state index is -0.512. The molecule has 0 spiro atoms. The van der Waals surface area contributed by atoms with Crippen LogP contribution in [-0.2, 0) is 0 Å². The summed E-state index contributed by atoms with van der Waals surface area (Å²) in [6.45, 7) is 3.83. The minimum Gasteiger partial charge on any atom is -0.351 e. The van der Waals surface area contributed by atoms with Crippen LogP contribution in [0.15, 0.2) is 47.4 Å². The Balaban J connectivity index is 2.31. The van der Waals surface area contributed by atoms with E-state index in [1.807, 2.05) is 6.92 Å². The summed E-state index contributed by atoms with van der Waals surface area (Å²) in [6, 6.07) is 10.8. The number of carbonyl (C=O) groups excluding carboxylic acids is 2. The molecule has 2 rings (SSSR count). The fourth-order valence-electron chi connectivity index (χ4n) is 2.54. The first-order valence-electron chi connectivity index (χ1n) is 8.44. The van der Waals surface area contributed by atoms with Gasteiger partial charge in [0, 0.05) is 30.3 Å². The van der Waals surface area contributed by atoms with Crippen LogP contribution in [0.1, 0.15) is 33.2 Å². The van der Waals surface area contributed by atoms with Gasteiger partial charge in [0.15, 0.2) is 5.78 Å². The van der Waals surface area contributed by atoms with Crippen LogP contribution < -0.4 is 10.6 Å². The molecule has 0 bridgehead atoms. The van der Waals surface area contributed by atoms with Gasteiger partial charge in [-0.3, -0.25) is 19.7 Å². The summed E-state index contributed by atoms with van der Waals surface area (Å²) in [5.41, 5.74) is 0.508. The number of carbonyl (C=O) groups is 2. The van der Waals surface area contributed by atoms with Gasteiger partial charge in [-0.1, -0.05) is 25.1 Å². The summed E-state index contributed by atoms with van der Waals surface area (Å²) in [5.74, 6) is -0.782. The maximum atomic E-state index is 12.9. The number of hydrogen-bond donors (Lipinski definition) is 2. The van der Waals surface area contributed by atoms with Crippen LogP contribution in [0.5, 0.6) is 0 Å². The number of nitro groups is 1. The lowest BCUT2D eigenvalue weighted by Crippen LogP contribution is -2.32. The van der Waals surface area contributed by atoms with E-state index >= 15 is 0 Å². The molecule has 0 radical (unpaired) electrons. The summed E-state index contributed by atoms with van der Waals surface area (Å²) in [4.78, 5) is 36.6. The summed E-state index contributed by atoms with van der Waals surface area (Å²) in [7, 11) is 0. The zero-order valence-electron chi connectivity index (χ0n) is 15.2. The fourth-order valence-corrected chi connectivity index (χ4v) is 3.09. The second kappa shape index (κ2) is 9.84. The smallest absolute Gasteiger partial charge is 0.283 e. The molecule has 0 aliphatic carbocycles. The standard InChI is InChI=1S/C19H21N3O4S/c1-3-20-10-11-21-19(24)15-7-5-4-6-14(15)18(23)13-8-9-17(27-2)16(12-13)22(25)26/h4-9,12,20H,3,10-11H2,1-2H3,(H,21,24). The number of nitrogens with zero attached hydrogens (tertiary/aromatic N) is 1. The highest BCUT2D eigenvalue weighted by Crippen LogP contribution is 2.29. The number of ketones is 1. The molecule has 0 aliphatic rings. The highest BCUT2D eigenvalue weighted by atomic mass is 32.2. The monoisotopic (exact) mass is 387 g/mol. The number of nitrogens with one attached hydrogen (secondary N) is 2. The van der Waals surface area contributed by atoms with Gasteiger partial charge in [0.05, 0.1) is 15.4 Å². The molecule has 7 nitrogen and oxygen atoms in total. The van der Waals surface area contributed by atoms with E-state index in [1.165, 1.54) is 17.8 Å². The Morgan fingerprint density at radius 1 is 1.11 bits per heavy atom. The highest BCUT2D eigenvalue weighted by molar-refractivity contribution is 7.98. The topological polar surface area (TPSA) is 101 Å². The van der Waals surface area contributed by atoms with Gasteiger partial charge in [0.1, 0.15) is 0 Å². The third-order valence-electron chi connectivity index (χ3n) is 3.89. The number of hydrogen-bond acceptors (Lipinski definition) is 6. The van der Waals surface area contributed by atoms with E-state index in [1.54, 1.807) is 42.7 Å². The van der Waals surface area contributed by atoms with Gasteiger partial charge < -0.3 is 10.6 Å². The summed E-state index contributed by atoms with van der Waals surface area (Å²) in [5, 5.41) is 17.1. The summed E-state index contributed by atoms with van der Waals surface area (Å²) >= 11 is 1.24. The number of nitro benzene ring substituents is 1. The van der Waals surface area contributed by atoms with E-state index in [2.05, 4.69) is 10.6 Å². The second-order valence-corrected chi connectivity index (χ2v) is 6.48. The van der Waals surface area contributed by atoms with Gasteiger partial charge in [0.25, 0.3) is 11.6 Å². The molecular weight excluding hydrogens is 366 g/mol. The molecule has 0 saturated heterocycles. The number of rotatable bonds is 9. The Kier molecular flexibility index (Phi) is 7.51. The lowest BCUT2D eigenvalue weighted by Gasteiger charge is -2.10. The summed E-state index contributed by atoms with van der Waals surface area (Å²) < 4.78 is 0. The van der Waals surface area contributed by atoms with Crippen molar-refractivity contribution in [1.29, 1.82) is 0 Å². The van der Waals surface area contributed by atoms with Crippen LogP contribution in [0.2, 0.25) is 0 Å². The predicted octanol–water partition coefficient (Wildman–Crippen LogP) is 2.89. The van der Waals surface area contributed by atoms with E-state index in [-0.39, 0.29) is 28.3 Å². The molecule has 0 aromatic heterocycles. The van der Waals surface area contributed by atoms with E-state index in [0.29, 0.717) is 18.0 Å². The SMILES string of the molecule is CCNCCNC(=O)c1ccccc1C(=O)c1ccc(SC)c([N+](=O)[O-])c1. The molecule has 2 aromatic carbocycles. The van der Waals surface area contributed by atoms with Crippen molar-refractivity contribution in [2.75, 3.05) is 25.9 Å². The van der Waals surface area contributed by atoms with Gasteiger partial charge in [-0.2, -0.15) is 0 Å². The first-order valence-corrected chi connectivity index (χ1v) is 9.67.